The lowest BCUT2D eigenvalue weighted by molar-refractivity contribution is -0.121. The second-order valence-corrected chi connectivity index (χ2v) is 7.38. The molecule has 0 radical (unpaired) electrons. The summed E-state index contributed by atoms with van der Waals surface area (Å²) in [7, 11) is 1.91. The Morgan fingerprint density at radius 1 is 1.23 bits per heavy atom. The Morgan fingerprint density at radius 2 is 2.06 bits per heavy atom. The van der Waals surface area contributed by atoms with Gasteiger partial charge in [0, 0.05) is 30.9 Å². The van der Waals surface area contributed by atoms with Gasteiger partial charge in [-0.15, -0.1) is 0 Å². The zero-order valence-corrected chi connectivity index (χ0v) is 16.7. The molecule has 2 aromatic carbocycles. The quantitative estimate of drug-likeness (QED) is 0.458. The van der Waals surface area contributed by atoms with Crippen LogP contribution in [0.1, 0.15) is 12.2 Å². The molecule has 8 nitrogen and oxygen atoms in total. The van der Waals surface area contributed by atoms with Crippen LogP contribution < -0.4 is 10.9 Å². The maximum absolute atomic E-state index is 13.5. The van der Waals surface area contributed by atoms with Gasteiger partial charge in [0.15, 0.2) is 0 Å². The standard InChI is InChI=1S/C22H19FN6O2/c1-28-17-5-3-2-4-16(17)26-18(28)11-24-19(30)8-9-29-12-25-20-14-10-13(23)6-7-15(14)27-21(20)22(29)31/h2-7,10,12,27H,8-9,11H2,1H3,(H,24,30). The topological polar surface area (TPSA) is 97.6 Å². The maximum Gasteiger partial charge on any atom is 0.277 e. The predicted molar refractivity (Wildman–Crippen MR) is 115 cm³/mol. The minimum Gasteiger partial charge on any atom is -0.349 e. The third-order valence-electron chi connectivity index (χ3n) is 5.44. The molecule has 0 saturated heterocycles. The average Bonchev–Trinajstić information content (AvgIpc) is 3.30. The molecule has 0 bridgehead atoms. The van der Waals surface area contributed by atoms with Crippen molar-refractivity contribution in [2.24, 2.45) is 7.05 Å². The van der Waals surface area contributed by atoms with E-state index in [2.05, 4.69) is 20.3 Å². The summed E-state index contributed by atoms with van der Waals surface area (Å²) in [4.78, 5) is 36.9. The molecule has 0 aliphatic carbocycles. The van der Waals surface area contributed by atoms with E-state index in [0.29, 0.717) is 28.5 Å². The van der Waals surface area contributed by atoms with Crippen LogP contribution in [0.3, 0.4) is 0 Å². The first-order valence-corrected chi connectivity index (χ1v) is 9.84. The summed E-state index contributed by atoms with van der Waals surface area (Å²) < 4.78 is 16.9. The molecule has 3 aromatic heterocycles. The van der Waals surface area contributed by atoms with Crippen molar-refractivity contribution >= 4 is 38.9 Å². The first kappa shape index (κ1) is 19.0. The summed E-state index contributed by atoms with van der Waals surface area (Å²) in [6, 6.07) is 12.0. The fourth-order valence-corrected chi connectivity index (χ4v) is 3.76. The molecule has 3 heterocycles. The lowest BCUT2D eigenvalue weighted by atomic mass is 10.2. The molecule has 0 atom stereocenters. The summed E-state index contributed by atoms with van der Waals surface area (Å²) in [5.41, 5.74) is 2.92. The molecule has 0 saturated carbocycles. The largest absolute Gasteiger partial charge is 0.349 e. The molecule has 5 rings (SSSR count). The number of aromatic amines is 1. The molecule has 0 aliphatic heterocycles. The van der Waals surface area contributed by atoms with Gasteiger partial charge in [0.25, 0.3) is 5.56 Å². The summed E-state index contributed by atoms with van der Waals surface area (Å²) in [5.74, 6) is 0.162. The first-order chi connectivity index (χ1) is 15.0. The van der Waals surface area contributed by atoms with E-state index in [1.807, 2.05) is 35.9 Å². The number of nitrogens with one attached hydrogen (secondary N) is 2. The maximum atomic E-state index is 13.5. The van der Waals surface area contributed by atoms with Gasteiger partial charge in [-0.05, 0) is 30.3 Å². The molecule has 0 fully saturated rings. The van der Waals surface area contributed by atoms with Crippen LogP contribution in [0, 0.1) is 5.82 Å². The van der Waals surface area contributed by atoms with Crippen molar-refractivity contribution < 1.29 is 9.18 Å². The van der Waals surface area contributed by atoms with Crippen molar-refractivity contribution in [3.05, 3.63) is 70.8 Å². The Labute approximate surface area is 175 Å². The molecule has 0 spiro atoms. The number of hydrogen-bond donors (Lipinski definition) is 2. The van der Waals surface area contributed by atoms with Crippen molar-refractivity contribution in [2.75, 3.05) is 0 Å². The van der Waals surface area contributed by atoms with Crippen LogP contribution in [0.5, 0.6) is 0 Å². The van der Waals surface area contributed by atoms with Gasteiger partial charge in [0.05, 0.1) is 23.9 Å². The van der Waals surface area contributed by atoms with Crippen LogP contribution in [-0.4, -0.2) is 30.0 Å². The van der Waals surface area contributed by atoms with Crippen LogP contribution >= 0.6 is 0 Å². The van der Waals surface area contributed by atoms with Crippen molar-refractivity contribution in [1.29, 1.82) is 0 Å². The number of fused-ring (bicyclic) bond motifs is 4. The number of halogens is 1. The lowest BCUT2D eigenvalue weighted by Crippen LogP contribution is -2.28. The van der Waals surface area contributed by atoms with Gasteiger partial charge in [0.2, 0.25) is 5.91 Å². The van der Waals surface area contributed by atoms with Crippen molar-refractivity contribution in [1.82, 2.24) is 29.4 Å². The third-order valence-corrected chi connectivity index (χ3v) is 5.44. The molecule has 156 valence electrons. The average molecular weight is 418 g/mol. The second-order valence-electron chi connectivity index (χ2n) is 7.38. The van der Waals surface area contributed by atoms with E-state index >= 15 is 0 Å². The third kappa shape index (κ3) is 3.33. The van der Waals surface area contributed by atoms with E-state index in [1.165, 1.54) is 23.0 Å². The number of imidazole rings is 1. The Balaban J connectivity index is 1.29. The molecule has 0 unspecified atom stereocenters. The number of aryl methyl sites for hydroxylation is 2. The minimum atomic E-state index is -0.392. The number of benzene rings is 2. The fourth-order valence-electron chi connectivity index (χ4n) is 3.76. The van der Waals surface area contributed by atoms with Crippen LogP contribution in [0.15, 0.2) is 53.6 Å². The normalized spacial score (nSPS) is 11.5. The second kappa shape index (κ2) is 7.35. The van der Waals surface area contributed by atoms with Crippen LogP contribution in [0.4, 0.5) is 4.39 Å². The van der Waals surface area contributed by atoms with Gasteiger partial charge in [-0.25, -0.2) is 14.4 Å². The Bertz CT molecular complexity index is 1510. The highest BCUT2D eigenvalue weighted by Crippen LogP contribution is 2.22. The molecule has 5 aromatic rings. The smallest absolute Gasteiger partial charge is 0.277 e. The van der Waals surface area contributed by atoms with Gasteiger partial charge >= 0.3 is 0 Å². The number of amides is 1. The van der Waals surface area contributed by atoms with E-state index < -0.39 is 5.82 Å². The number of carbonyl (C=O) groups excluding carboxylic acids is 1. The number of H-pyrrole nitrogens is 1. The summed E-state index contributed by atoms with van der Waals surface area (Å²) in [6.07, 6.45) is 1.51. The number of rotatable bonds is 5. The number of aromatic nitrogens is 5. The highest BCUT2D eigenvalue weighted by Gasteiger charge is 2.13. The lowest BCUT2D eigenvalue weighted by Gasteiger charge is -2.07. The van der Waals surface area contributed by atoms with Crippen molar-refractivity contribution in [3.8, 4) is 0 Å². The molecule has 1 amide bonds. The highest BCUT2D eigenvalue weighted by atomic mass is 19.1. The van der Waals surface area contributed by atoms with E-state index in [1.54, 1.807) is 6.07 Å². The zero-order valence-electron chi connectivity index (χ0n) is 16.7. The van der Waals surface area contributed by atoms with Gasteiger partial charge < -0.3 is 14.9 Å². The van der Waals surface area contributed by atoms with Crippen molar-refractivity contribution in [3.63, 3.8) is 0 Å². The van der Waals surface area contributed by atoms with Gasteiger partial charge in [-0.3, -0.25) is 14.2 Å². The fraction of sp³-hybridized carbons (Fsp3) is 0.182. The highest BCUT2D eigenvalue weighted by molar-refractivity contribution is 6.04. The number of nitrogens with zero attached hydrogens (tertiary/aromatic N) is 4. The SMILES string of the molecule is Cn1c(CNC(=O)CCn2cnc3c([nH]c4ccc(F)cc43)c2=O)nc2ccccc21. The molecular formula is C22H19FN6O2. The number of hydrogen-bond acceptors (Lipinski definition) is 4. The van der Waals surface area contributed by atoms with Crippen molar-refractivity contribution in [2.45, 2.75) is 19.5 Å². The molecule has 31 heavy (non-hydrogen) atoms. The van der Waals surface area contributed by atoms with Crippen LogP contribution in [0.25, 0.3) is 33.0 Å². The van der Waals surface area contributed by atoms with E-state index in [-0.39, 0.29) is 24.4 Å². The molecule has 9 heteroatoms. The van der Waals surface area contributed by atoms with E-state index in [0.717, 1.165) is 16.9 Å². The monoisotopic (exact) mass is 418 g/mol. The minimum absolute atomic E-state index is 0.117. The van der Waals surface area contributed by atoms with Crippen LogP contribution in [-0.2, 0) is 24.9 Å². The predicted octanol–water partition coefficient (Wildman–Crippen LogP) is 2.61. The summed E-state index contributed by atoms with van der Waals surface area (Å²) in [6.45, 7) is 0.476. The van der Waals surface area contributed by atoms with Crippen LogP contribution in [0.2, 0.25) is 0 Å². The zero-order chi connectivity index (χ0) is 21.5. The Hall–Kier alpha value is -4.01. The van der Waals surface area contributed by atoms with Gasteiger partial charge in [-0.1, -0.05) is 12.1 Å². The number of carbonyl (C=O) groups is 1. The number of para-hydroxylation sites is 2. The van der Waals surface area contributed by atoms with Gasteiger partial charge in [0.1, 0.15) is 22.7 Å². The Kier molecular flexibility index (Phi) is 4.50. The van der Waals surface area contributed by atoms with E-state index in [9.17, 15) is 14.0 Å². The Morgan fingerprint density at radius 3 is 2.90 bits per heavy atom. The van der Waals surface area contributed by atoms with Gasteiger partial charge in [-0.2, -0.15) is 0 Å². The molecule has 0 aliphatic rings. The molecular weight excluding hydrogens is 399 g/mol. The summed E-state index contributed by atoms with van der Waals surface area (Å²) in [5, 5.41) is 3.40. The summed E-state index contributed by atoms with van der Waals surface area (Å²) >= 11 is 0. The van der Waals surface area contributed by atoms with E-state index in [4.69, 9.17) is 0 Å². The molecule has 2 N–H and O–H groups in total. The first-order valence-electron chi connectivity index (χ1n) is 9.84.